The van der Waals surface area contributed by atoms with Crippen LogP contribution < -0.4 is 0 Å². The maximum atomic E-state index is 5.80. The van der Waals surface area contributed by atoms with Gasteiger partial charge in [-0.05, 0) is 58.8 Å². The quantitative estimate of drug-likeness (QED) is 0.562. The molecule has 21 heavy (non-hydrogen) atoms. The van der Waals surface area contributed by atoms with Gasteiger partial charge in [0.05, 0.1) is 16.6 Å². The first-order valence-electron chi connectivity index (χ1n) is 8.14. The number of hydrogen-bond acceptors (Lipinski definition) is 4. The van der Waals surface area contributed by atoms with Crippen molar-refractivity contribution in [2.75, 3.05) is 33.2 Å². The molecule has 1 aliphatic heterocycles. The summed E-state index contributed by atoms with van der Waals surface area (Å²) in [7, 11) is 2.25. The van der Waals surface area contributed by atoms with Crippen molar-refractivity contribution in [3.63, 3.8) is 0 Å². The van der Waals surface area contributed by atoms with Crippen LogP contribution in [0.2, 0.25) is 0 Å². The van der Waals surface area contributed by atoms with E-state index in [0.29, 0.717) is 5.88 Å². The van der Waals surface area contributed by atoms with Crippen LogP contribution in [0.5, 0.6) is 0 Å². The van der Waals surface area contributed by atoms with Gasteiger partial charge in [-0.3, -0.25) is 4.90 Å². The van der Waals surface area contributed by atoms with Gasteiger partial charge in [-0.25, -0.2) is 4.98 Å². The molecule has 2 heterocycles. The van der Waals surface area contributed by atoms with Crippen molar-refractivity contribution in [2.24, 2.45) is 0 Å². The highest BCUT2D eigenvalue weighted by molar-refractivity contribution is 7.09. The van der Waals surface area contributed by atoms with E-state index >= 15 is 0 Å². The highest BCUT2D eigenvalue weighted by Gasteiger charge is 2.21. The second-order valence-electron chi connectivity index (χ2n) is 6.04. The summed E-state index contributed by atoms with van der Waals surface area (Å²) in [5, 5.41) is 3.33. The standard InChI is InChI=1S/C16H28ClN3S/c1-3-15-12-19(2)8-6-10-20(15)9-5-4-7-16-18-14(11-17)13-21-16/h13,15H,3-12H2,1-2H3. The molecule has 0 amide bonds. The molecule has 0 saturated carbocycles. The predicted octanol–water partition coefficient (Wildman–Crippen LogP) is 3.62. The Labute approximate surface area is 138 Å². The number of hydrogen-bond donors (Lipinski definition) is 0. The van der Waals surface area contributed by atoms with E-state index in [2.05, 4.69) is 34.1 Å². The molecule has 0 radical (unpaired) electrons. The number of halogens is 1. The molecule has 3 nitrogen and oxygen atoms in total. The number of unbranched alkanes of at least 4 members (excludes halogenated alkanes) is 1. The normalized spacial score (nSPS) is 21.6. The van der Waals surface area contributed by atoms with Crippen LogP contribution in [0.15, 0.2) is 5.38 Å². The van der Waals surface area contributed by atoms with Crippen LogP contribution in [0.4, 0.5) is 0 Å². The molecular weight excluding hydrogens is 302 g/mol. The molecule has 0 spiro atoms. The molecule has 1 fully saturated rings. The first-order valence-corrected chi connectivity index (χ1v) is 9.56. The average Bonchev–Trinajstić information content (AvgIpc) is 2.87. The number of alkyl halides is 1. The van der Waals surface area contributed by atoms with Gasteiger partial charge >= 0.3 is 0 Å². The van der Waals surface area contributed by atoms with Gasteiger partial charge in [0.1, 0.15) is 0 Å². The molecule has 120 valence electrons. The van der Waals surface area contributed by atoms with Crippen molar-refractivity contribution >= 4 is 22.9 Å². The van der Waals surface area contributed by atoms with Gasteiger partial charge in [0.15, 0.2) is 0 Å². The highest BCUT2D eigenvalue weighted by atomic mass is 35.5. The van der Waals surface area contributed by atoms with Gasteiger partial charge in [0, 0.05) is 18.0 Å². The van der Waals surface area contributed by atoms with Crippen molar-refractivity contribution in [1.29, 1.82) is 0 Å². The van der Waals surface area contributed by atoms with Crippen LogP contribution >= 0.6 is 22.9 Å². The fraction of sp³-hybridized carbons (Fsp3) is 0.812. The minimum Gasteiger partial charge on any atom is -0.305 e. The average molecular weight is 330 g/mol. The van der Waals surface area contributed by atoms with Gasteiger partial charge in [0.25, 0.3) is 0 Å². The van der Waals surface area contributed by atoms with Gasteiger partial charge in [-0.15, -0.1) is 22.9 Å². The number of aromatic nitrogens is 1. The van der Waals surface area contributed by atoms with E-state index in [9.17, 15) is 0 Å². The molecule has 1 unspecified atom stereocenters. The molecule has 0 aromatic carbocycles. The third-order valence-corrected chi connectivity index (χ3v) is 5.55. The number of thiazole rings is 1. The smallest absolute Gasteiger partial charge is 0.0928 e. The van der Waals surface area contributed by atoms with Crippen LogP contribution in [0.3, 0.4) is 0 Å². The molecule has 0 aliphatic carbocycles. The van der Waals surface area contributed by atoms with Crippen molar-refractivity contribution in [1.82, 2.24) is 14.8 Å². The summed E-state index contributed by atoms with van der Waals surface area (Å²) in [6.07, 6.45) is 6.18. The topological polar surface area (TPSA) is 19.4 Å². The zero-order chi connectivity index (χ0) is 15.1. The van der Waals surface area contributed by atoms with E-state index in [0.717, 1.165) is 18.2 Å². The van der Waals surface area contributed by atoms with E-state index in [-0.39, 0.29) is 0 Å². The molecular formula is C16H28ClN3S. The summed E-state index contributed by atoms with van der Waals surface area (Å²) < 4.78 is 0. The van der Waals surface area contributed by atoms with E-state index < -0.39 is 0 Å². The van der Waals surface area contributed by atoms with Crippen molar-refractivity contribution in [3.8, 4) is 0 Å². The Bertz CT molecular complexity index is 410. The number of rotatable bonds is 7. The molecule has 1 aromatic heterocycles. The van der Waals surface area contributed by atoms with E-state index in [4.69, 9.17) is 11.6 Å². The van der Waals surface area contributed by atoms with Gasteiger partial charge in [-0.1, -0.05) is 6.92 Å². The number of likely N-dealkylation sites (N-methyl/N-ethyl adjacent to an activating group) is 1. The van der Waals surface area contributed by atoms with E-state index in [1.807, 2.05) is 0 Å². The fourth-order valence-electron chi connectivity index (χ4n) is 3.09. The fourth-order valence-corrected chi connectivity index (χ4v) is 4.16. The third kappa shape index (κ3) is 5.51. The first kappa shape index (κ1) is 17.2. The Morgan fingerprint density at radius 3 is 2.95 bits per heavy atom. The Kier molecular flexibility index (Phi) is 7.44. The number of nitrogens with zero attached hydrogens (tertiary/aromatic N) is 3. The summed E-state index contributed by atoms with van der Waals surface area (Å²) in [4.78, 5) is 9.72. The van der Waals surface area contributed by atoms with Crippen molar-refractivity contribution in [2.45, 2.75) is 50.9 Å². The first-order chi connectivity index (χ1) is 10.2. The summed E-state index contributed by atoms with van der Waals surface area (Å²) in [6, 6.07) is 0.736. The van der Waals surface area contributed by atoms with E-state index in [1.165, 1.54) is 56.9 Å². The number of aryl methyl sites for hydroxylation is 1. The van der Waals surface area contributed by atoms with Crippen LogP contribution in [0.1, 0.15) is 43.3 Å². The lowest BCUT2D eigenvalue weighted by Crippen LogP contribution is -2.40. The zero-order valence-electron chi connectivity index (χ0n) is 13.4. The second kappa shape index (κ2) is 9.09. The lowest BCUT2D eigenvalue weighted by molar-refractivity contribution is 0.180. The maximum absolute atomic E-state index is 5.80. The summed E-state index contributed by atoms with van der Waals surface area (Å²) in [5.74, 6) is 0.538. The molecule has 0 bridgehead atoms. The summed E-state index contributed by atoms with van der Waals surface area (Å²) in [5.41, 5.74) is 1.03. The minimum absolute atomic E-state index is 0.538. The Morgan fingerprint density at radius 2 is 2.24 bits per heavy atom. The zero-order valence-corrected chi connectivity index (χ0v) is 14.9. The SMILES string of the molecule is CCC1CN(C)CCCN1CCCCc1nc(CCl)cs1. The van der Waals surface area contributed by atoms with Gasteiger partial charge in [-0.2, -0.15) is 0 Å². The second-order valence-corrected chi connectivity index (χ2v) is 7.25. The molecule has 0 N–H and O–H groups in total. The highest BCUT2D eigenvalue weighted by Crippen LogP contribution is 2.16. The van der Waals surface area contributed by atoms with Crippen LogP contribution in [-0.4, -0.2) is 54.1 Å². The van der Waals surface area contributed by atoms with Crippen LogP contribution in [0.25, 0.3) is 0 Å². The summed E-state index contributed by atoms with van der Waals surface area (Å²) >= 11 is 7.55. The third-order valence-electron chi connectivity index (χ3n) is 4.32. The molecule has 1 aromatic rings. The molecule has 1 aliphatic rings. The van der Waals surface area contributed by atoms with Crippen LogP contribution in [-0.2, 0) is 12.3 Å². The molecule has 5 heteroatoms. The van der Waals surface area contributed by atoms with Crippen LogP contribution in [0, 0.1) is 0 Å². The van der Waals surface area contributed by atoms with Crippen molar-refractivity contribution in [3.05, 3.63) is 16.1 Å². The van der Waals surface area contributed by atoms with Gasteiger partial charge in [0.2, 0.25) is 0 Å². The Morgan fingerprint density at radius 1 is 1.38 bits per heavy atom. The van der Waals surface area contributed by atoms with E-state index in [1.54, 1.807) is 11.3 Å². The Balaban J connectivity index is 1.71. The Hall–Kier alpha value is -0.160. The lowest BCUT2D eigenvalue weighted by atomic mass is 10.1. The molecule has 1 atom stereocenters. The summed E-state index contributed by atoms with van der Waals surface area (Å²) in [6.45, 7) is 7.28. The maximum Gasteiger partial charge on any atom is 0.0928 e. The monoisotopic (exact) mass is 329 g/mol. The molecule has 1 saturated heterocycles. The molecule has 2 rings (SSSR count). The minimum atomic E-state index is 0.538. The lowest BCUT2D eigenvalue weighted by Gasteiger charge is -2.30. The predicted molar refractivity (Wildman–Crippen MR) is 92.4 cm³/mol. The van der Waals surface area contributed by atoms with Gasteiger partial charge < -0.3 is 4.90 Å². The largest absolute Gasteiger partial charge is 0.305 e. The van der Waals surface area contributed by atoms with Crippen molar-refractivity contribution < 1.29 is 0 Å².